The van der Waals surface area contributed by atoms with Crippen molar-refractivity contribution in [3.63, 3.8) is 0 Å². The lowest BCUT2D eigenvalue weighted by Gasteiger charge is -2.34. The Bertz CT molecular complexity index is 417. The highest BCUT2D eigenvalue weighted by atomic mass is 16.2. The summed E-state index contributed by atoms with van der Waals surface area (Å²) in [6, 6.07) is 9.56. The number of hydrogen-bond acceptors (Lipinski definition) is 2. The molecule has 0 spiro atoms. The van der Waals surface area contributed by atoms with E-state index < -0.39 is 0 Å². The second kappa shape index (κ2) is 4.99. The predicted molar refractivity (Wildman–Crippen MR) is 65.7 cm³/mol. The summed E-state index contributed by atoms with van der Waals surface area (Å²) in [4.78, 5) is 26.8. The van der Waals surface area contributed by atoms with Gasteiger partial charge in [0.25, 0.3) is 0 Å². The van der Waals surface area contributed by atoms with Gasteiger partial charge in [-0.2, -0.15) is 0 Å². The van der Waals surface area contributed by atoms with Crippen LogP contribution in [0.1, 0.15) is 13.3 Å². The number of amides is 2. The van der Waals surface area contributed by atoms with Gasteiger partial charge in [0.1, 0.15) is 6.54 Å². The average Bonchev–Trinajstić information content (AvgIpc) is 2.38. The first-order valence-electron chi connectivity index (χ1n) is 5.85. The van der Waals surface area contributed by atoms with Crippen LogP contribution in [0.2, 0.25) is 0 Å². The highest BCUT2D eigenvalue weighted by Crippen LogP contribution is 2.16. The molecule has 0 bridgehead atoms. The molecular formula is C13H16N2O2. The third-order valence-electron chi connectivity index (χ3n) is 2.94. The molecule has 1 heterocycles. The second-order valence-electron chi connectivity index (χ2n) is 4.05. The van der Waals surface area contributed by atoms with Crippen molar-refractivity contribution in [3.8, 4) is 0 Å². The molecule has 0 aromatic heterocycles. The smallest absolute Gasteiger partial charge is 0.246 e. The molecule has 90 valence electrons. The third-order valence-corrected chi connectivity index (χ3v) is 2.94. The van der Waals surface area contributed by atoms with Crippen molar-refractivity contribution in [1.82, 2.24) is 4.90 Å². The van der Waals surface area contributed by atoms with E-state index in [-0.39, 0.29) is 18.4 Å². The maximum Gasteiger partial charge on any atom is 0.246 e. The van der Waals surface area contributed by atoms with Gasteiger partial charge in [0.2, 0.25) is 11.8 Å². The summed E-state index contributed by atoms with van der Waals surface area (Å²) in [6.45, 7) is 3.21. The molecule has 2 amide bonds. The van der Waals surface area contributed by atoms with Gasteiger partial charge in [-0.15, -0.1) is 0 Å². The molecule has 1 aliphatic heterocycles. The first kappa shape index (κ1) is 11.6. The molecule has 1 aliphatic rings. The van der Waals surface area contributed by atoms with E-state index in [9.17, 15) is 9.59 Å². The molecule has 0 aliphatic carbocycles. The first-order valence-corrected chi connectivity index (χ1v) is 5.85. The largest absolute Gasteiger partial charge is 0.332 e. The van der Waals surface area contributed by atoms with Crippen LogP contribution in [0, 0.1) is 0 Å². The summed E-state index contributed by atoms with van der Waals surface area (Å²) < 4.78 is 0. The Hall–Kier alpha value is -1.84. The molecule has 0 radical (unpaired) electrons. The number of carbonyl (C=O) groups excluding carboxylic acids is 2. The van der Waals surface area contributed by atoms with E-state index in [0.29, 0.717) is 19.5 Å². The standard InChI is InChI=1S/C13H16N2O2/c1-2-12(16)14-8-9-15(13(17)10-14)11-6-4-3-5-7-11/h3-7H,2,8-10H2,1H3. The predicted octanol–water partition coefficient (Wildman–Crippen LogP) is 1.27. The van der Waals surface area contributed by atoms with Crippen molar-refractivity contribution in [2.45, 2.75) is 13.3 Å². The van der Waals surface area contributed by atoms with Crippen molar-refractivity contribution in [2.75, 3.05) is 24.5 Å². The van der Waals surface area contributed by atoms with Gasteiger partial charge in [-0.1, -0.05) is 25.1 Å². The summed E-state index contributed by atoms with van der Waals surface area (Å²) >= 11 is 0. The van der Waals surface area contributed by atoms with E-state index in [1.165, 1.54) is 0 Å². The molecule has 4 heteroatoms. The van der Waals surface area contributed by atoms with Gasteiger partial charge in [0.15, 0.2) is 0 Å². The van der Waals surface area contributed by atoms with Gasteiger partial charge in [-0.25, -0.2) is 0 Å². The number of benzene rings is 1. The van der Waals surface area contributed by atoms with Crippen LogP contribution in [-0.2, 0) is 9.59 Å². The minimum atomic E-state index is -0.00995. The molecule has 1 aromatic rings. The topological polar surface area (TPSA) is 40.6 Å². The lowest BCUT2D eigenvalue weighted by atomic mass is 10.2. The highest BCUT2D eigenvalue weighted by Gasteiger charge is 2.26. The van der Waals surface area contributed by atoms with Crippen LogP contribution in [0.25, 0.3) is 0 Å². The minimum Gasteiger partial charge on any atom is -0.332 e. The van der Waals surface area contributed by atoms with Crippen molar-refractivity contribution >= 4 is 17.5 Å². The second-order valence-corrected chi connectivity index (χ2v) is 4.05. The fraction of sp³-hybridized carbons (Fsp3) is 0.385. The molecule has 1 fully saturated rings. The summed E-state index contributed by atoms with van der Waals surface area (Å²) in [5, 5.41) is 0. The van der Waals surface area contributed by atoms with Gasteiger partial charge in [0, 0.05) is 25.2 Å². The molecule has 0 N–H and O–H groups in total. The van der Waals surface area contributed by atoms with E-state index in [0.717, 1.165) is 5.69 Å². The third kappa shape index (κ3) is 2.46. The van der Waals surface area contributed by atoms with Crippen molar-refractivity contribution in [3.05, 3.63) is 30.3 Å². The van der Waals surface area contributed by atoms with Crippen molar-refractivity contribution in [2.24, 2.45) is 0 Å². The molecule has 0 unspecified atom stereocenters. The molecule has 0 saturated carbocycles. The molecular weight excluding hydrogens is 216 g/mol. The first-order chi connectivity index (χ1) is 8.22. The number of carbonyl (C=O) groups is 2. The Kier molecular flexibility index (Phi) is 3.42. The maximum absolute atomic E-state index is 12.0. The van der Waals surface area contributed by atoms with E-state index in [1.807, 2.05) is 37.3 Å². The zero-order valence-corrected chi connectivity index (χ0v) is 9.93. The minimum absolute atomic E-state index is 0.00995. The van der Waals surface area contributed by atoms with Gasteiger partial charge in [0.05, 0.1) is 0 Å². The zero-order valence-electron chi connectivity index (χ0n) is 9.93. The lowest BCUT2D eigenvalue weighted by Crippen LogP contribution is -2.52. The van der Waals surface area contributed by atoms with Crippen LogP contribution in [0.4, 0.5) is 5.69 Å². The zero-order chi connectivity index (χ0) is 12.3. The fourth-order valence-corrected chi connectivity index (χ4v) is 1.99. The van der Waals surface area contributed by atoms with E-state index in [1.54, 1.807) is 9.80 Å². The number of para-hydroxylation sites is 1. The Morgan fingerprint density at radius 2 is 1.94 bits per heavy atom. The van der Waals surface area contributed by atoms with E-state index >= 15 is 0 Å². The van der Waals surface area contributed by atoms with Gasteiger partial charge in [-0.05, 0) is 12.1 Å². The van der Waals surface area contributed by atoms with Crippen molar-refractivity contribution in [1.29, 1.82) is 0 Å². The number of piperazine rings is 1. The van der Waals surface area contributed by atoms with Crippen LogP contribution in [0.5, 0.6) is 0 Å². The average molecular weight is 232 g/mol. The van der Waals surface area contributed by atoms with Gasteiger partial charge >= 0.3 is 0 Å². The Morgan fingerprint density at radius 3 is 2.53 bits per heavy atom. The van der Waals surface area contributed by atoms with Crippen LogP contribution in [0.3, 0.4) is 0 Å². The van der Waals surface area contributed by atoms with Crippen molar-refractivity contribution < 1.29 is 9.59 Å². The molecule has 2 rings (SSSR count). The number of anilines is 1. The fourth-order valence-electron chi connectivity index (χ4n) is 1.99. The Labute approximate surface area is 101 Å². The van der Waals surface area contributed by atoms with Gasteiger partial charge in [-0.3, -0.25) is 9.59 Å². The van der Waals surface area contributed by atoms with Crippen LogP contribution in [0.15, 0.2) is 30.3 Å². The quantitative estimate of drug-likeness (QED) is 0.770. The monoisotopic (exact) mass is 232 g/mol. The molecule has 1 saturated heterocycles. The van der Waals surface area contributed by atoms with Crippen LogP contribution >= 0.6 is 0 Å². The van der Waals surface area contributed by atoms with Crippen LogP contribution in [-0.4, -0.2) is 36.3 Å². The maximum atomic E-state index is 12.0. The van der Waals surface area contributed by atoms with Gasteiger partial charge < -0.3 is 9.80 Å². The normalized spacial score (nSPS) is 16.2. The lowest BCUT2D eigenvalue weighted by molar-refractivity contribution is -0.136. The summed E-state index contributed by atoms with van der Waals surface area (Å²) in [7, 11) is 0. The van der Waals surface area contributed by atoms with E-state index in [4.69, 9.17) is 0 Å². The molecule has 0 atom stereocenters. The number of rotatable bonds is 2. The summed E-state index contributed by atoms with van der Waals surface area (Å²) in [5.41, 5.74) is 0.904. The number of hydrogen-bond donors (Lipinski definition) is 0. The van der Waals surface area contributed by atoms with E-state index in [2.05, 4.69) is 0 Å². The highest BCUT2D eigenvalue weighted by molar-refractivity contribution is 5.97. The molecule has 1 aromatic carbocycles. The van der Waals surface area contributed by atoms with Crippen LogP contribution < -0.4 is 4.90 Å². The molecule has 4 nitrogen and oxygen atoms in total. The Morgan fingerprint density at radius 1 is 1.24 bits per heavy atom. The number of nitrogens with zero attached hydrogens (tertiary/aromatic N) is 2. The molecule has 17 heavy (non-hydrogen) atoms. The Balaban J connectivity index is 2.07. The summed E-state index contributed by atoms with van der Waals surface area (Å²) in [6.07, 6.45) is 0.457. The summed E-state index contributed by atoms with van der Waals surface area (Å²) in [5.74, 6) is 0.0373. The SMILES string of the molecule is CCC(=O)N1CCN(c2ccccc2)C(=O)C1.